The molecule has 0 bridgehead atoms. The molecule has 2 heteroatoms. The second kappa shape index (κ2) is 2.87. The van der Waals surface area contributed by atoms with Crippen LogP contribution in [-0.2, 0) is 0 Å². The first kappa shape index (κ1) is 8.30. The van der Waals surface area contributed by atoms with Gasteiger partial charge in [-0.15, -0.1) is 0 Å². The summed E-state index contributed by atoms with van der Waals surface area (Å²) in [5, 5.41) is 1.20. The van der Waals surface area contributed by atoms with Crippen LogP contribution in [0, 0.1) is 5.41 Å². The van der Waals surface area contributed by atoms with Crippen molar-refractivity contribution in [3.8, 4) is 0 Å². The summed E-state index contributed by atoms with van der Waals surface area (Å²) in [5.74, 6) is 0. The summed E-state index contributed by atoms with van der Waals surface area (Å²) in [4.78, 5) is 7.43. The topological polar surface area (TPSA) is 28.1 Å². The van der Waals surface area contributed by atoms with Gasteiger partial charge in [-0.1, -0.05) is 26.0 Å². The molecule has 0 saturated heterocycles. The number of H-pyrrole nitrogens is 1. The predicted molar refractivity (Wildman–Crippen MR) is 53.6 cm³/mol. The van der Waals surface area contributed by atoms with Crippen LogP contribution < -0.4 is 10.7 Å². The van der Waals surface area contributed by atoms with Crippen LogP contribution in [0.1, 0.15) is 20.3 Å². The van der Waals surface area contributed by atoms with Crippen molar-refractivity contribution in [3.05, 3.63) is 35.2 Å². The van der Waals surface area contributed by atoms with Gasteiger partial charge in [0.2, 0.25) is 0 Å². The first-order valence-corrected chi connectivity index (χ1v) is 4.65. The lowest BCUT2D eigenvalue weighted by molar-refractivity contribution is 0.566. The molecule has 1 aromatic heterocycles. The van der Waals surface area contributed by atoms with E-state index in [1.54, 1.807) is 0 Å². The third-order valence-electron chi connectivity index (χ3n) is 2.66. The standard InChI is InChI=1S/C11H14N2/c1-3-11(2)5-7-13-10-9(8-11)4-6-12-10/h4-8H,3H2,1-2H3,(H,12,13). The average Bonchev–Trinajstić information content (AvgIpc) is 2.47. The third kappa shape index (κ3) is 1.44. The Bertz CT molecular complexity index is 439. The van der Waals surface area contributed by atoms with Gasteiger partial charge < -0.3 is 4.98 Å². The summed E-state index contributed by atoms with van der Waals surface area (Å²) >= 11 is 0. The van der Waals surface area contributed by atoms with Crippen molar-refractivity contribution in [2.24, 2.45) is 10.4 Å². The summed E-state index contributed by atoms with van der Waals surface area (Å²) in [6.45, 7) is 4.42. The zero-order valence-corrected chi connectivity index (χ0v) is 8.04. The van der Waals surface area contributed by atoms with Gasteiger partial charge in [0.15, 0.2) is 0 Å². The number of hydrogen-bond acceptors (Lipinski definition) is 1. The van der Waals surface area contributed by atoms with Crippen molar-refractivity contribution in [1.29, 1.82) is 0 Å². The summed E-state index contributed by atoms with van der Waals surface area (Å²) in [6.07, 6.45) is 9.35. The number of hydrogen-bond donors (Lipinski definition) is 1. The maximum Gasteiger partial charge on any atom is 0.136 e. The van der Waals surface area contributed by atoms with Crippen LogP contribution >= 0.6 is 0 Å². The monoisotopic (exact) mass is 174 g/mol. The highest BCUT2D eigenvalue weighted by Crippen LogP contribution is 2.24. The fourth-order valence-corrected chi connectivity index (χ4v) is 1.51. The van der Waals surface area contributed by atoms with E-state index in [1.807, 2.05) is 12.4 Å². The number of allylic oxidation sites excluding steroid dienone is 1. The van der Waals surface area contributed by atoms with E-state index in [0.29, 0.717) is 0 Å². The summed E-state index contributed by atoms with van der Waals surface area (Å²) < 4.78 is 0. The van der Waals surface area contributed by atoms with Gasteiger partial charge in [0.05, 0.1) is 0 Å². The molecule has 0 aromatic carbocycles. The molecule has 1 aromatic rings. The Hall–Kier alpha value is -1.31. The van der Waals surface area contributed by atoms with Crippen LogP contribution in [0.5, 0.6) is 0 Å². The minimum absolute atomic E-state index is 0.150. The van der Waals surface area contributed by atoms with Gasteiger partial charge in [-0.3, -0.25) is 0 Å². The molecule has 2 nitrogen and oxygen atoms in total. The molecule has 1 aliphatic heterocycles. The molecule has 0 fully saturated rings. The smallest absolute Gasteiger partial charge is 0.136 e. The first-order valence-electron chi connectivity index (χ1n) is 4.65. The van der Waals surface area contributed by atoms with Crippen LogP contribution in [0.25, 0.3) is 6.08 Å². The Morgan fingerprint density at radius 3 is 3.15 bits per heavy atom. The van der Waals surface area contributed by atoms with E-state index in [9.17, 15) is 0 Å². The molecular formula is C11H14N2. The van der Waals surface area contributed by atoms with Gasteiger partial charge >= 0.3 is 0 Å². The summed E-state index contributed by atoms with van der Waals surface area (Å²) in [6, 6.07) is 2.07. The molecule has 1 N–H and O–H groups in total. The van der Waals surface area contributed by atoms with E-state index in [4.69, 9.17) is 0 Å². The minimum Gasteiger partial charge on any atom is -0.346 e. The predicted octanol–water partition coefficient (Wildman–Crippen LogP) is 1.36. The maximum absolute atomic E-state index is 4.32. The highest BCUT2D eigenvalue weighted by Gasteiger charge is 2.15. The van der Waals surface area contributed by atoms with Crippen molar-refractivity contribution < 1.29 is 0 Å². The lowest BCUT2D eigenvalue weighted by Gasteiger charge is -2.17. The zero-order valence-electron chi connectivity index (χ0n) is 8.04. The van der Waals surface area contributed by atoms with Crippen LogP contribution in [-0.4, -0.2) is 4.98 Å². The molecule has 13 heavy (non-hydrogen) atoms. The molecule has 2 rings (SSSR count). The van der Waals surface area contributed by atoms with Crippen molar-refractivity contribution in [3.63, 3.8) is 0 Å². The molecule has 1 aliphatic rings. The second-order valence-electron chi connectivity index (χ2n) is 3.73. The van der Waals surface area contributed by atoms with Crippen LogP contribution in [0.4, 0.5) is 0 Å². The first-order chi connectivity index (χ1) is 6.23. The van der Waals surface area contributed by atoms with Crippen LogP contribution in [0.3, 0.4) is 0 Å². The Balaban J connectivity index is 2.66. The van der Waals surface area contributed by atoms with E-state index in [0.717, 1.165) is 11.9 Å². The molecular weight excluding hydrogens is 160 g/mol. The molecule has 0 spiro atoms. The van der Waals surface area contributed by atoms with Crippen molar-refractivity contribution in [2.45, 2.75) is 20.3 Å². The summed E-state index contributed by atoms with van der Waals surface area (Å²) in [7, 11) is 0. The number of fused-ring (bicyclic) bond motifs is 1. The zero-order chi connectivity index (χ0) is 9.31. The largest absolute Gasteiger partial charge is 0.346 e. The molecule has 0 amide bonds. The number of aromatic nitrogens is 1. The van der Waals surface area contributed by atoms with Crippen molar-refractivity contribution in [1.82, 2.24) is 4.98 Å². The third-order valence-corrected chi connectivity index (χ3v) is 2.66. The van der Waals surface area contributed by atoms with Crippen LogP contribution in [0.15, 0.2) is 29.5 Å². The molecule has 2 heterocycles. The summed E-state index contributed by atoms with van der Waals surface area (Å²) in [5.41, 5.74) is 1.12. The molecule has 0 aliphatic carbocycles. The lowest BCUT2D eigenvalue weighted by atomic mass is 9.87. The number of rotatable bonds is 1. The average molecular weight is 174 g/mol. The van der Waals surface area contributed by atoms with E-state index in [-0.39, 0.29) is 5.41 Å². The van der Waals surface area contributed by atoms with Gasteiger partial charge in [0.1, 0.15) is 5.49 Å². The molecule has 1 unspecified atom stereocenters. The molecule has 0 saturated carbocycles. The fraction of sp³-hybridized carbons (Fsp3) is 0.364. The molecule has 68 valence electrons. The maximum atomic E-state index is 4.32. The number of aromatic amines is 1. The Kier molecular flexibility index (Phi) is 1.83. The van der Waals surface area contributed by atoms with Gasteiger partial charge in [-0.2, -0.15) is 0 Å². The van der Waals surface area contributed by atoms with E-state index < -0.39 is 0 Å². The lowest BCUT2D eigenvalue weighted by Crippen LogP contribution is -2.24. The van der Waals surface area contributed by atoms with Crippen molar-refractivity contribution >= 4 is 6.08 Å². The Morgan fingerprint density at radius 2 is 2.38 bits per heavy atom. The fourth-order valence-electron chi connectivity index (χ4n) is 1.51. The van der Waals surface area contributed by atoms with E-state index in [1.165, 1.54) is 5.22 Å². The highest BCUT2D eigenvalue weighted by molar-refractivity contribution is 5.36. The minimum atomic E-state index is 0.150. The normalized spacial score (nSPS) is 25.7. The quantitative estimate of drug-likeness (QED) is 0.666. The number of nitrogens with one attached hydrogen (secondary N) is 1. The van der Waals surface area contributed by atoms with Gasteiger partial charge in [0.25, 0.3) is 0 Å². The van der Waals surface area contributed by atoms with E-state index in [2.05, 4.69) is 42.0 Å². The Morgan fingerprint density at radius 1 is 1.54 bits per heavy atom. The van der Waals surface area contributed by atoms with Gasteiger partial charge in [0, 0.05) is 23.0 Å². The SMILES string of the molecule is CCC1(C)C=CN=c2[nH]ccc2=C1. The van der Waals surface area contributed by atoms with Crippen LogP contribution in [0.2, 0.25) is 0 Å². The van der Waals surface area contributed by atoms with Crippen molar-refractivity contribution in [2.75, 3.05) is 0 Å². The molecule has 1 atom stereocenters. The highest BCUT2D eigenvalue weighted by atomic mass is 14.8. The molecule has 0 radical (unpaired) electrons. The Labute approximate surface area is 77.7 Å². The number of nitrogens with zero attached hydrogens (tertiary/aromatic N) is 1. The van der Waals surface area contributed by atoms with Gasteiger partial charge in [-0.25, -0.2) is 4.99 Å². The van der Waals surface area contributed by atoms with E-state index >= 15 is 0 Å². The van der Waals surface area contributed by atoms with Gasteiger partial charge in [-0.05, 0) is 12.5 Å². The second-order valence-corrected chi connectivity index (χ2v) is 3.73.